The van der Waals surface area contributed by atoms with Crippen molar-refractivity contribution in [3.63, 3.8) is 0 Å². The standard InChI is InChI=1S/C19H21NO2/c1-4-14-15-9-12(3)10-16(17(15)20-19(14)22)18(21)13-7-5-11(2)6-8-13/h5-10,14,18,21H,4H2,1-3H3,(H,20,22). The summed E-state index contributed by atoms with van der Waals surface area (Å²) in [5, 5.41) is 13.7. The number of nitrogens with one attached hydrogen (secondary N) is 1. The van der Waals surface area contributed by atoms with Gasteiger partial charge in [-0.1, -0.05) is 54.4 Å². The predicted octanol–water partition coefficient (Wildman–Crippen LogP) is 3.83. The lowest BCUT2D eigenvalue weighted by atomic mass is 9.91. The summed E-state index contributed by atoms with van der Waals surface area (Å²) < 4.78 is 0. The second-order valence-electron chi connectivity index (χ2n) is 6.08. The Balaban J connectivity index is 2.08. The number of benzene rings is 2. The smallest absolute Gasteiger partial charge is 0.232 e. The maximum atomic E-state index is 12.1. The first kappa shape index (κ1) is 14.8. The Labute approximate surface area is 131 Å². The minimum Gasteiger partial charge on any atom is -0.384 e. The van der Waals surface area contributed by atoms with Gasteiger partial charge >= 0.3 is 0 Å². The lowest BCUT2D eigenvalue weighted by Gasteiger charge is -2.17. The summed E-state index contributed by atoms with van der Waals surface area (Å²) in [4.78, 5) is 12.1. The summed E-state index contributed by atoms with van der Waals surface area (Å²) in [5.74, 6) is -0.0840. The van der Waals surface area contributed by atoms with Crippen LogP contribution in [0.1, 0.15) is 53.2 Å². The predicted molar refractivity (Wildman–Crippen MR) is 88.1 cm³/mol. The van der Waals surface area contributed by atoms with Crippen LogP contribution in [0.25, 0.3) is 0 Å². The molecule has 0 spiro atoms. The second-order valence-corrected chi connectivity index (χ2v) is 6.08. The third kappa shape index (κ3) is 2.42. The summed E-state index contributed by atoms with van der Waals surface area (Å²) in [6.07, 6.45) is 0.0349. The van der Waals surface area contributed by atoms with Crippen LogP contribution in [0, 0.1) is 13.8 Å². The highest BCUT2D eigenvalue weighted by Crippen LogP contribution is 2.41. The minimum absolute atomic E-state index is 0.0282. The molecule has 1 amide bonds. The Morgan fingerprint density at radius 2 is 1.82 bits per heavy atom. The fourth-order valence-corrected chi connectivity index (χ4v) is 3.16. The van der Waals surface area contributed by atoms with Crippen LogP contribution in [-0.2, 0) is 4.79 Å². The molecule has 2 aromatic carbocycles. The molecule has 2 unspecified atom stereocenters. The molecule has 0 saturated carbocycles. The van der Waals surface area contributed by atoms with E-state index in [-0.39, 0.29) is 11.8 Å². The van der Waals surface area contributed by atoms with Gasteiger partial charge in [-0.15, -0.1) is 0 Å². The number of carbonyl (C=O) groups excluding carboxylic acids is 1. The van der Waals surface area contributed by atoms with Crippen molar-refractivity contribution in [2.45, 2.75) is 39.2 Å². The molecule has 1 heterocycles. The van der Waals surface area contributed by atoms with Crippen molar-refractivity contribution >= 4 is 11.6 Å². The van der Waals surface area contributed by atoms with Crippen molar-refractivity contribution < 1.29 is 9.90 Å². The topological polar surface area (TPSA) is 49.3 Å². The van der Waals surface area contributed by atoms with Gasteiger partial charge in [0.05, 0.1) is 11.6 Å². The summed E-state index contributed by atoms with van der Waals surface area (Å²) in [7, 11) is 0. The first-order valence-corrected chi connectivity index (χ1v) is 7.71. The molecule has 3 heteroatoms. The molecular weight excluding hydrogens is 274 g/mol. The summed E-state index contributed by atoms with van der Waals surface area (Å²) in [6.45, 7) is 6.03. The van der Waals surface area contributed by atoms with Crippen LogP contribution in [0.5, 0.6) is 0 Å². The average molecular weight is 295 g/mol. The van der Waals surface area contributed by atoms with Crippen molar-refractivity contribution in [2.75, 3.05) is 5.32 Å². The number of aliphatic hydroxyl groups excluding tert-OH is 1. The fraction of sp³-hybridized carbons (Fsp3) is 0.316. The van der Waals surface area contributed by atoms with Crippen molar-refractivity contribution in [2.24, 2.45) is 0 Å². The molecule has 0 bridgehead atoms. The molecule has 0 aliphatic carbocycles. The van der Waals surface area contributed by atoms with Crippen molar-refractivity contribution in [1.29, 1.82) is 0 Å². The Kier molecular flexibility index (Phi) is 3.75. The fourth-order valence-electron chi connectivity index (χ4n) is 3.16. The van der Waals surface area contributed by atoms with Crippen molar-refractivity contribution in [3.8, 4) is 0 Å². The van der Waals surface area contributed by atoms with E-state index in [0.717, 1.165) is 39.9 Å². The molecule has 3 nitrogen and oxygen atoms in total. The number of aryl methyl sites for hydroxylation is 2. The Morgan fingerprint density at radius 1 is 1.14 bits per heavy atom. The van der Waals surface area contributed by atoms with Gasteiger partial charge in [0.1, 0.15) is 6.10 Å². The Bertz CT molecular complexity index is 719. The lowest BCUT2D eigenvalue weighted by Crippen LogP contribution is -2.11. The monoisotopic (exact) mass is 295 g/mol. The normalized spacial score (nSPS) is 18.0. The molecular formula is C19H21NO2. The molecule has 3 rings (SSSR count). The van der Waals surface area contributed by atoms with Gasteiger partial charge in [0.15, 0.2) is 0 Å². The third-order valence-electron chi connectivity index (χ3n) is 4.38. The highest BCUT2D eigenvalue weighted by Gasteiger charge is 2.32. The molecule has 114 valence electrons. The lowest BCUT2D eigenvalue weighted by molar-refractivity contribution is -0.117. The molecule has 22 heavy (non-hydrogen) atoms. The molecule has 0 radical (unpaired) electrons. The van der Waals surface area contributed by atoms with E-state index < -0.39 is 6.10 Å². The van der Waals surface area contributed by atoms with E-state index in [1.165, 1.54) is 0 Å². The SMILES string of the molecule is CCC1C(=O)Nc2c1cc(C)cc2C(O)c1ccc(C)cc1. The number of hydrogen-bond acceptors (Lipinski definition) is 2. The van der Waals surface area contributed by atoms with E-state index >= 15 is 0 Å². The number of hydrogen-bond donors (Lipinski definition) is 2. The molecule has 1 aliphatic rings. The summed E-state index contributed by atoms with van der Waals surface area (Å²) >= 11 is 0. The number of carbonyl (C=O) groups is 1. The van der Waals surface area contributed by atoms with Crippen LogP contribution in [0.2, 0.25) is 0 Å². The largest absolute Gasteiger partial charge is 0.384 e. The molecule has 2 atom stereocenters. The maximum absolute atomic E-state index is 12.1. The van der Waals surface area contributed by atoms with Crippen LogP contribution in [0.3, 0.4) is 0 Å². The zero-order valence-corrected chi connectivity index (χ0v) is 13.2. The van der Waals surface area contributed by atoms with Crippen LogP contribution in [0.4, 0.5) is 5.69 Å². The first-order valence-electron chi connectivity index (χ1n) is 7.71. The molecule has 0 fully saturated rings. The van der Waals surface area contributed by atoms with Crippen LogP contribution in [0.15, 0.2) is 36.4 Å². The van der Waals surface area contributed by atoms with Gasteiger partial charge in [0.25, 0.3) is 0 Å². The van der Waals surface area contributed by atoms with Gasteiger partial charge in [0, 0.05) is 5.56 Å². The van der Waals surface area contributed by atoms with E-state index in [0.29, 0.717) is 0 Å². The van der Waals surface area contributed by atoms with E-state index in [1.54, 1.807) is 0 Å². The highest BCUT2D eigenvalue weighted by atomic mass is 16.3. The van der Waals surface area contributed by atoms with Crippen LogP contribution >= 0.6 is 0 Å². The van der Waals surface area contributed by atoms with Gasteiger partial charge < -0.3 is 10.4 Å². The van der Waals surface area contributed by atoms with Crippen LogP contribution < -0.4 is 5.32 Å². The number of anilines is 1. The first-order chi connectivity index (χ1) is 10.5. The second kappa shape index (κ2) is 5.58. The average Bonchev–Trinajstić information content (AvgIpc) is 2.81. The number of rotatable bonds is 3. The van der Waals surface area contributed by atoms with Gasteiger partial charge in [-0.3, -0.25) is 4.79 Å². The Morgan fingerprint density at radius 3 is 2.45 bits per heavy atom. The molecule has 2 aromatic rings. The highest BCUT2D eigenvalue weighted by molar-refractivity contribution is 6.04. The molecule has 1 aliphatic heterocycles. The number of amides is 1. The number of aliphatic hydroxyl groups is 1. The van der Waals surface area contributed by atoms with E-state index in [2.05, 4.69) is 5.32 Å². The summed E-state index contributed by atoms with van der Waals surface area (Å²) in [6, 6.07) is 11.9. The Hall–Kier alpha value is -2.13. The van der Waals surface area contributed by atoms with Gasteiger partial charge in [-0.05, 0) is 31.4 Å². The van der Waals surface area contributed by atoms with E-state index in [4.69, 9.17) is 0 Å². The van der Waals surface area contributed by atoms with Gasteiger partial charge in [-0.2, -0.15) is 0 Å². The van der Waals surface area contributed by atoms with Gasteiger partial charge in [-0.25, -0.2) is 0 Å². The third-order valence-corrected chi connectivity index (χ3v) is 4.38. The van der Waals surface area contributed by atoms with Gasteiger partial charge in [0.2, 0.25) is 5.91 Å². The van der Waals surface area contributed by atoms with Crippen molar-refractivity contribution in [3.05, 3.63) is 64.2 Å². The quantitative estimate of drug-likeness (QED) is 0.904. The minimum atomic E-state index is -0.731. The molecule has 0 saturated heterocycles. The number of fused-ring (bicyclic) bond motifs is 1. The molecule has 2 N–H and O–H groups in total. The van der Waals surface area contributed by atoms with Crippen LogP contribution in [-0.4, -0.2) is 11.0 Å². The zero-order chi connectivity index (χ0) is 15.9. The maximum Gasteiger partial charge on any atom is 0.232 e. The summed E-state index contributed by atoms with van der Waals surface area (Å²) in [5.41, 5.74) is 5.64. The van der Waals surface area contributed by atoms with Crippen molar-refractivity contribution in [1.82, 2.24) is 0 Å². The zero-order valence-electron chi connectivity index (χ0n) is 13.2. The van der Waals surface area contributed by atoms with E-state index in [9.17, 15) is 9.90 Å². The van der Waals surface area contributed by atoms with E-state index in [1.807, 2.05) is 57.2 Å². The molecule has 0 aromatic heterocycles.